The minimum Gasteiger partial charge on any atom is -0.482 e. The first-order valence-corrected chi connectivity index (χ1v) is 7.44. The number of ether oxygens (including phenoxy) is 3. The van der Waals surface area contributed by atoms with Gasteiger partial charge in [0, 0.05) is 0 Å². The largest absolute Gasteiger partial charge is 0.482 e. The van der Waals surface area contributed by atoms with Gasteiger partial charge >= 0.3 is 5.97 Å². The molecule has 1 aromatic rings. The minimum atomic E-state index is -0.321. The summed E-state index contributed by atoms with van der Waals surface area (Å²) in [6, 6.07) is 7.63. The molecule has 0 radical (unpaired) electrons. The molecular weight excluding hydrogens is 270 g/mol. The highest BCUT2D eigenvalue weighted by molar-refractivity contribution is 5.71. The molecule has 0 spiro atoms. The topological polar surface area (TPSA) is 49.2 Å². The zero-order valence-corrected chi connectivity index (χ0v) is 12.8. The van der Waals surface area contributed by atoms with Gasteiger partial charge in [0.15, 0.2) is 6.61 Å². The molecule has 1 aliphatic heterocycles. The molecular formula is C16H24NO4+. The van der Waals surface area contributed by atoms with Crippen molar-refractivity contribution >= 4 is 5.97 Å². The fourth-order valence-electron chi connectivity index (χ4n) is 2.43. The van der Waals surface area contributed by atoms with Crippen molar-refractivity contribution in [1.82, 2.24) is 0 Å². The van der Waals surface area contributed by atoms with Gasteiger partial charge in [0.25, 0.3) is 0 Å². The molecule has 0 saturated carbocycles. The molecule has 0 aromatic heterocycles. The van der Waals surface area contributed by atoms with Crippen molar-refractivity contribution in [3.05, 3.63) is 29.8 Å². The zero-order chi connectivity index (χ0) is 15.1. The van der Waals surface area contributed by atoms with E-state index in [0.29, 0.717) is 0 Å². The number of nitrogens with one attached hydrogen (secondary N) is 1. The molecule has 116 valence electrons. The van der Waals surface area contributed by atoms with Gasteiger partial charge in [-0.3, -0.25) is 0 Å². The van der Waals surface area contributed by atoms with E-state index in [1.165, 1.54) is 4.90 Å². The number of carbonyl (C=O) groups is 1. The van der Waals surface area contributed by atoms with Crippen LogP contribution in [0.3, 0.4) is 0 Å². The fourth-order valence-corrected chi connectivity index (χ4v) is 2.43. The van der Waals surface area contributed by atoms with Crippen molar-refractivity contribution in [3.8, 4) is 5.75 Å². The molecule has 21 heavy (non-hydrogen) atoms. The van der Waals surface area contributed by atoms with E-state index in [9.17, 15) is 4.79 Å². The number of carbonyl (C=O) groups excluding carboxylic acids is 1. The molecule has 1 aromatic carbocycles. The minimum absolute atomic E-state index is 0.0480. The van der Waals surface area contributed by atoms with Gasteiger partial charge in [0.1, 0.15) is 31.5 Å². The van der Waals surface area contributed by atoms with Gasteiger partial charge in [0.2, 0.25) is 0 Å². The van der Waals surface area contributed by atoms with Crippen LogP contribution in [0.15, 0.2) is 24.3 Å². The molecule has 2 rings (SSSR count). The van der Waals surface area contributed by atoms with Crippen molar-refractivity contribution in [2.45, 2.75) is 20.0 Å². The van der Waals surface area contributed by atoms with E-state index in [1.54, 1.807) is 0 Å². The first-order valence-electron chi connectivity index (χ1n) is 7.44. The molecule has 1 atom stereocenters. The average molecular weight is 294 g/mol. The monoisotopic (exact) mass is 294 g/mol. The number of hydrogen-bond acceptors (Lipinski definition) is 4. The third-order valence-electron chi connectivity index (χ3n) is 3.55. The maximum Gasteiger partial charge on any atom is 0.344 e. The molecule has 0 unspecified atom stereocenters. The van der Waals surface area contributed by atoms with E-state index in [-0.39, 0.29) is 18.7 Å². The summed E-state index contributed by atoms with van der Waals surface area (Å²) in [4.78, 5) is 13.2. The Hall–Kier alpha value is -1.59. The van der Waals surface area contributed by atoms with Crippen LogP contribution < -0.4 is 9.64 Å². The Morgan fingerprint density at radius 2 is 2.05 bits per heavy atom. The summed E-state index contributed by atoms with van der Waals surface area (Å²) in [6.07, 6.45) is -0.105. The van der Waals surface area contributed by atoms with Crippen molar-refractivity contribution in [2.24, 2.45) is 0 Å². The van der Waals surface area contributed by atoms with Crippen LogP contribution in [0.2, 0.25) is 0 Å². The van der Waals surface area contributed by atoms with E-state index < -0.39 is 0 Å². The van der Waals surface area contributed by atoms with Crippen LogP contribution in [0.5, 0.6) is 5.75 Å². The highest BCUT2D eigenvalue weighted by Crippen LogP contribution is 2.15. The first kappa shape index (κ1) is 15.8. The third kappa shape index (κ3) is 5.36. The molecule has 1 fully saturated rings. The smallest absolute Gasteiger partial charge is 0.344 e. The van der Waals surface area contributed by atoms with Crippen molar-refractivity contribution in [3.63, 3.8) is 0 Å². The number of benzene rings is 1. The number of quaternary nitrogens is 1. The van der Waals surface area contributed by atoms with Gasteiger partial charge in [0.05, 0.1) is 13.2 Å². The molecule has 0 amide bonds. The summed E-state index contributed by atoms with van der Waals surface area (Å²) in [6.45, 7) is 8.16. The lowest BCUT2D eigenvalue weighted by Gasteiger charge is -2.26. The highest BCUT2D eigenvalue weighted by Gasteiger charge is 2.19. The van der Waals surface area contributed by atoms with Crippen molar-refractivity contribution < 1.29 is 23.9 Å². The van der Waals surface area contributed by atoms with Crippen LogP contribution in [-0.2, 0) is 14.3 Å². The molecule has 5 nitrogen and oxygen atoms in total. The van der Waals surface area contributed by atoms with Crippen LogP contribution >= 0.6 is 0 Å². The summed E-state index contributed by atoms with van der Waals surface area (Å²) < 4.78 is 16.2. The number of rotatable bonds is 6. The lowest BCUT2D eigenvalue weighted by molar-refractivity contribution is -0.910. The highest BCUT2D eigenvalue weighted by atomic mass is 16.6. The Morgan fingerprint density at radius 1 is 1.33 bits per heavy atom. The Bertz CT molecular complexity index is 457. The molecule has 0 bridgehead atoms. The van der Waals surface area contributed by atoms with Gasteiger partial charge in [-0.25, -0.2) is 4.79 Å². The lowest BCUT2D eigenvalue weighted by Crippen LogP contribution is -3.15. The number of hydrogen-bond donors (Lipinski definition) is 1. The second kappa shape index (κ2) is 8.00. The predicted octanol–water partition coefficient (Wildman–Crippen LogP) is 0.221. The van der Waals surface area contributed by atoms with Crippen molar-refractivity contribution in [1.29, 1.82) is 0 Å². The first-order chi connectivity index (χ1) is 10.1. The predicted molar refractivity (Wildman–Crippen MR) is 78.6 cm³/mol. The molecule has 1 saturated heterocycles. The fraction of sp³-hybridized carbons (Fsp3) is 0.562. The average Bonchev–Trinajstić information content (AvgIpc) is 2.47. The molecule has 1 heterocycles. The van der Waals surface area contributed by atoms with E-state index >= 15 is 0 Å². The van der Waals surface area contributed by atoms with Gasteiger partial charge in [-0.1, -0.05) is 18.2 Å². The van der Waals surface area contributed by atoms with Crippen LogP contribution in [0.4, 0.5) is 0 Å². The second-order valence-electron chi connectivity index (χ2n) is 5.42. The number of para-hydroxylation sites is 1. The van der Waals surface area contributed by atoms with E-state index in [1.807, 2.05) is 38.1 Å². The van der Waals surface area contributed by atoms with E-state index in [2.05, 4.69) is 0 Å². The number of esters is 1. The molecule has 5 heteroatoms. The van der Waals surface area contributed by atoms with Gasteiger partial charge in [-0.15, -0.1) is 0 Å². The Morgan fingerprint density at radius 3 is 2.76 bits per heavy atom. The Kier molecular flexibility index (Phi) is 6.02. The normalized spacial score (nSPS) is 17.2. The summed E-state index contributed by atoms with van der Waals surface area (Å²) in [7, 11) is 0. The maximum absolute atomic E-state index is 11.8. The molecule has 1 aliphatic rings. The summed E-state index contributed by atoms with van der Waals surface area (Å²) >= 11 is 0. The van der Waals surface area contributed by atoms with Crippen LogP contribution in [-0.4, -0.2) is 51.5 Å². The van der Waals surface area contributed by atoms with Crippen LogP contribution in [0.25, 0.3) is 0 Å². The van der Waals surface area contributed by atoms with Gasteiger partial charge in [-0.05, 0) is 25.5 Å². The molecule has 1 N–H and O–H groups in total. The van der Waals surface area contributed by atoms with Gasteiger partial charge in [-0.2, -0.15) is 0 Å². The number of morpholine rings is 1. The lowest BCUT2D eigenvalue weighted by atomic mass is 10.2. The quantitative estimate of drug-likeness (QED) is 0.763. The third-order valence-corrected chi connectivity index (χ3v) is 3.55. The van der Waals surface area contributed by atoms with Gasteiger partial charge < -0.3 is 19.1 Å². The second-order valence-corrected chi connectivity index (χ2v) is 5.42. The van der Waals surface area contributed by atoms with E-state index in [4.69, 9.17) is 14.2 Å². The van der Waals surface area contributed by atoms with Crippen molar-refractivity contribution in [2.75, 3.05) is 39.5 Å². The van der Waals surface area contributed by atoms with E-state index in [0.717, 1.165) is 44.2 Å². The number of aryl methyl sites for hydroxylation is 1. The van der Waals surface area contributed by atoms with Crippen LogP contribution in [0.1, 0.15) is 12.5 Å². The summed E-state index contributed by atoms with van der Waals surface area (Å²) in [5.74, 6) is 0.402. The Balaban J connectivity index is 1.70. The SMILES string of the molecule is Cc1ccccc1OCC(=O)O[C@@H](C)C[NH+]1CCOCC1. The molecule has 0 aliphatic carbocycles. The maximum atomic E-state index is 11.8. The standard InChI is InChI=1S/C16H23NO4/c1-13-5-3-4-6-15(13)20-12-16(18)21-14(2)11-17-7-9-19-10-8-17/h3-6,14H,7-12H2,1-2H3/p+1/t14-/m0/s1. The summed E-state index contributed by atoms with van der Waals surface area (Å²) in [5.41, 5.74) is 1.01. The Labute approximate surface area is 125 Å². The zero-order valence-electron chi connectivity index (χ0n) is 12.8. The summed E-state index contributed by atoms with van der Waals surface area (Å²) in [5, 5.41) is 0. The van der Waals surface area contributed by atoms with Crippen LogP contribution in [0, 0.1) is 6.92 Å².